The van der Waals surface area contributed by atoms with E-state index in [2.05, 4.69) is 0 Å². The summed E-state index contributed by atoms with van der Waals surface area (Å²) in [5.74, 6) is -4.51. The molecule has 3 aromatic rings. The van der Waals surface area contributed by atoms with E-state index < -0.39 is 40.3 Å². The van der Waals surface area contributed by atoms with Crippen molar-refractivity contribution in [2.45, 2.75) is 33.4 Å². The van der Waals surface area contributed by atoms with Crippen molar-refractivity contribution in [3.63, 3.8) is 0 Å². The largest absolute Gasteiger partial charge is 0.477 e. The number of halogens is 2. The van der Waals surface area contributed by atoms with E-state index in [1.54, 1.807) is 24.0 Å². The van der Waals surface area contributed by atoms with Gasteiger partial charge in [-0.15, -0.1) is 0 Å². The van der Waals surface area contributed by atoms with E-state index in [0.29, 0.717) is 17.8 Å². The molecule has 11 heteroatoms. The van der Waals surface area contributed by atoms with Crippen LogP contribution in [-0.2, 0) is 11.3 Å². The Morgan fingerprint density at radius 2 is 1.87 bits per heavy atom. The van der Waals surface area contributed by atoms with Crippen molar-refractivity contribution in [3.8, 4) is 0 Å². The standard InChI is InChI=1S/C27H26F2N4O5/c1-4-30-12-18(27(37)38)24(34)17-10-19(28)23(21(29)22(17)30)31-7-8-32(15(3)11-31)13-33-20-6-5-14(2)9-16(20)25(35)26(33)36/h5-6,9-10,12,15H,4,7-8,11,13H2,1-3H3,(H,37,38). The highest BCUT2D eigenvalue weighted by Gasteiger charge is 2.38. The Morgan fingerprint density at radius 3 is 2.53 bits per heavy atom. The lowest BCUT2D eigenvalue weighted by Crippen LogP contribution is -2.56. The van der Waals surface area contributed by atoms with Crippen LogP contribution in [-0.4, -0.2) is 64.6 Å². The molecular formula is C27H26F2N4O5. The molecule has 2 aliphatic rings. The molecule has 0 aliphatic carbocycles. The average molecular weight is 525 g/mol. The lowest BCUT2D eigenvalue weighted by molar-refractivity contribution is -0.114. The molecule has 9 nitrogen and oxygen atoms in total. The summed E-state index contributed by atoms with van der Waals surface area (Å²) in [6, 6.07) is 5.94. The molecule has 3 heterocycles. The van der Waals surface area contributed by atoms with Gasteiger partial charge in [0.2, 0.25) is 5.43 Å². The molecule has 1 fully saturated rings. The fourth-order valence-electron chi connectivity index (χ4n) is 5.31. The second kappa shape index (κ2) is 9.32. The van der Waals surface area contributed by atoms with E-state index >= 15 is 8.78 Å². The number of piperazine rings is 1. The lowest BCUT2D eigenvalue weighted by Gasteiger charge is -2.42. The van der Waals surface area contributed by atoms with Crippen LogP contribution >= 0.6 is 0 Å². The second-order valence-electron chi connectivity index (χ2n) is 9.71. The van der Waals surface area contributed by atoms with E-state index in [4.69, 9.17) is 0 Å². The van der Waals surface area contributed by atoms with Crippen LogP contribution in [0.25, 0.3) is 10.9 Å². The summed E-state index contributed by atoms with van der Waals surface area (Å²) >= 11 is 0. The van der Waals surface area contributed by atoms with Gasteiger partial charge in [-0.2, -0.15) is 0 Å². The molecule has 2 aromatic carbocycles. The number of aromatic nitrogens is 1. The van der Waals surface area contributed by atoms with Crippen molar-refractivity contribution in [1.82, 2.24) is 9.47 Å². The van der Waals surface area contributed by atoms with E-state index in [1.807, 2.05) is 24.8 Å². The Morgan fingerprint density at radius 1 is 1.13 bits per heavy atom. The van der Waals surface area contributed by atoms with Crippen LogP contribution < -0.4 is 15.2 Å². The first-order chi connectivity index (χ1) is 18.0. The average Bonchev–Trinajstić information content (AvgIpc) is 3.10. The molecule has 1 atom stereocenters. The number of amides is 1. The summed E-state index contributed by atoms with van der Waals surface area (Å²) in [6.07, 6.45) is 1.08. The van der Waals surface area contributed by atoms with E-state index in [0.717, 1.165) is 17.8 Å². The number of Topliss-reactive ketones (excluding diaryl/α,β-unsaturated/α-hetero) is 1. The number of pyridine rings is 1. The summed E-state index contributed by atoms with van der Waals surface area (Å²) in [7, 11) is 0. The number of nitrogens with zero attached hydrogens (tertiary/aromatic N) is 4. The molecule has 5 rings (SSSR count). The van der Waals surface area contributed by atoms with Crippen molar-refractivity contribution in [2.24, 2.45) is 0 Å². The number of fused-ring (bicyclic) bond motifs is 2. The number of anilines is 2. The molecule has 1 saturated heterocycles. The smallest absolute Gasteiger partial charge is 0.341 e. The maximum Gasteiger partial charge on any atom is 0.341 e. The van der Waals surface area contributed by atoms with Crippen LogP contribution in [0.15, 0.2) is 35.3 Å². The zero-order chi connectivity index (χ0) is 27.5. The van der Waals surface area contributed by atoms with Gasteiger partial charge in [-0.05, 0) is 39.0 Å². The van der Waals surface area contributed by atoms with Crippen molar-refractivity contribution >= 4 is 39.9 Å². The summed E-state index contributed by atoms with van der Waals surface area (Å²) in [5, 5.41) is 9.01. The van der Waals surface area contributed by atoms with Crippen LogP contribution in [0, 0.1) is 18.6 Å². The predicted octanol–water partition coefficient (Wildman–Crippen LogP) is 3.00. The number of aryl methyl sites for hydroxylation is 2. The number of carboxylic acids is 1. The number of rotatable bonds is 5. The zero-order valence-corrected chi connectivity index (χ0v) is 21.1. The number of carboxylic acid groups (broad SMARTS) is 1. The first-order valence-electron chi connectivity index (χ1n) is 12.3. The fraction of sp³-hybridized carbons (Fsp3) is 0.333. The molecule has 198 valence electrons. The molecule has 1 amide bonds. The van der Waals surface area contributed by atoms with Gasteiger partial charge in [-0.3, -0.25) is 24.2 Å². The van der Waals surface area contributed by atoms with Gasteiger partial charge in [0, 0.05) is 38.4 Å². The topological polar surface area (TPSA) is 103 Å². The monoisotopic (exact) mass is 524 g/mol. The predicted molar refractivity (Wildman–Crippen MR) is 137 cm³/mol. The number of aromatic carboxylic acids is 1. The van der Waals surface area contributed by atoms with E-state index in [-0.39, 0.29) is 48.9 Å². The van der Waals surface area contributed by atoms with Crippen LogP contribution in [0.2, 0.25) is 0 Å². The Balaban J connectivity index is 1.44. The third kappa shape index (κ3) is 3.94. The minimum absolute atomic E-state index is 0.151. The first kappa shape index (κ1) is 25.5. The van der Waals surface area contributed by atoms with Crippen LogP contribution in [0.4, 0.5) is 20.2 Å². The van der Waals surface area contributed by atoms with E-state index in [9.17, 15) is 24.3 Å². The molecular weight excluding hydrogens is 498 g/mol. The van der Waals surface area contributed by atoms with Gasteiger partial charge in [0.1, 0.15) is 17.1 Å². The van der Waals surface area contributed by atoms with Crippen LogP contribution in [0.1, 0.15) is 40.1 Å². The highest BCUT2D eigenvalue weighted by atomic mass is 19.1. The SMILES string of the molecule is CCn1cc(C(=O)O)c(=O)c2cc(F)c(N3CCN(CN4C(=O)C(=O)c5cc(C)ccc54)C(C)C3)c(F)c21. The molecule has 0 spiro atoms. The summed E-state index contributed by atoms with van der Waals surface area (Å²) < 4.78 is 32.4. The molecule has 38 heavy (non-hydrogen) atoms. The van der Waals surface area contributed by atoms with Crippen molar-refractivity contribution < 1.29 is 28.3 Å². The Hall–Kier alpha value is -4.12. The maximum absolute atomic E-state index is 15.8. The van der Waals surface area contributed by atoms with Crippen molar-refractivity contribution in [3.05, 3.63) is 69.0 Å². The van der Waals surface area contributed by atoms with Gasteiger partial charge in [0.05, 0.1) is 28.8 Å². The fourth-order valence-corrected chi connectivity index (χ4v) is 5.31. The summed E-state index contributed by atoms with van der Waals surface area (Å²) in [6.45, 7) is 6.51. The number of carbonyl (C=O) groups excluding carboxylic acids is 2. The minimum Gasteiger partial charge on any atom is -0.477 e. The molecule has 2 aliphatic heterocycles. The number of hydrogen-bond acceptors (Lipinski definition) is 6. The molecule has 1 aromatic heterocycles. The molecule has 1 unspecified atom stereocenters. The Labute approximate surface area is 216 Å². The van der Waals surface area contributed by atoms with Gasteiger partial charge >= 0.3 is 11.9 Å². The molecule has 0 saturated carbocycles. The third-order valence-corrected chi connectivity index (χ3v) is 7.33. The number of hydrogen-bond donors (Lipinski definition) is 1. The Bertz CT molecular complexity index is 1580. The first-order valence-corrected chi connectivity index (χ1v) is 12.3. The van der Waals surface area contributed by atoms with E-state index in [1.165, 1.54) is 9.47 Å². The zero-order valence-electron chi connectivity index (χ0n) is 21.1. The van der Waals surface area contributed by atoms with Gasteiger partial charge in [-0.25, -0.2) is 13.6 Å². The minimum atomic E-state index is -1.47. The van der Waals surface area contributed by atoms with Gasteiger partial charge in [0.15, 0.2) is 5.82 Å². The highest BCUT2D eigenvalue weighted by Crippen LogP contribution is 2.33. The van der Waals surface area contributed by atoms with Gasteiger partial charge in [-0.1, -0.05) is 11.6 Å². The summed E-state index contributed by atoms with van der Waals surface area (Å²) in [4.78, 5) is 54.2. The van der Waals surface area contributed by atoms with Crippen molar-refractivity contribution in [2.75, 3.05) is 36.1 Å². The van der Waals surface area contributed by atoms with Crippen molar-refractivity contribution in [1.29, 1.82) is 0 Å². The van der Waals surface area contributed by atoms with Gasteiger partial charge < -0.3 is 14.6 Å². The maximum atomic E-state index is 15.8. The number of carbonyl (C=O) groups is 3. The lowest BCUT2D eigenvalue weighted by atomic mass is 10.1. The summed E-state index contributed by atoms with van der Waals surface area (Å²) in [5.41, 5.74) is -0.149. The quantitative estimate of drug-likeness (QED) is 0.512. The van der Waals surface area contributed by atoms with Gasteiger partial charge in [0.25, 0.3) is 5.78 Å². The number of benzene rings is 2. The number of ketones is 1. The second-order valence-corrected chi connectivity index (χ2v) is 9.71. The highest BCUT2D eigenvalue weighted by molar-refractivity contribution is 6.52. The Kier molecular flexibility index (Phi) is 6.26. The van der Waals surface area contributed by atoms with Crippen LogP contribution in [0.5, 0.6) is 0 Å². The normalized spacial score (nSPS) is 18.0. The van der Waals surface area contributed by atoms with Crippen LogP contribution in [0.3, 0.4) is 0 Å². The molecule has 0 bridgehead atoms. The molecule has 0 radical (unpaired) electrons. The third-order valence-electron chi connectivity index (χ3n) is 7.33. The molecule has 1 N–H and O–H groups in total.